The van der Waals surface area contributed by atoms with Crippen molar-refractivity contribution in [3.05, 3.63) is 88.0 Å². The van der Waals surface area contributed by atoms with Crippen LogP contribution in [0.25, 0.3) is 15.9 Å². The van der Waals surface area contributed by atoms with Gasteiger partial charge in [0.15, 0.2) is 5.16 Å². The van der Waals surface area contributed by atoms with Crippen molar-refractivity contribution >= 4 is 39.2 Å². The van der Waals surface area contributed by atoms with Gasteiger partial charge in [0.25, 0.3) is 5.56 Å². The van der Waals surface area contributed by atoms with Gasteiger partial charge in [-0.25, -0.2) is 4.98 Å². The van der Waals surface area contributed by atoms with E-state index in [-0.39, 0.29) is 11.5 Å². The second kappa shape index (κ2) is 8.23. The van der Waals surface area contributed by atoms with Gasteiger partial charge in [0, 0.05) is 14.1 Å². The van der Waals surface area contributed by atoms with E-state index in [9.17, 15) is 9.59 Å². The minimum Gasteiger partial charge on any atom is -0.348 e. The summed E-state index contributed by atoms with van der Waals surface area (Å²) in [6, 6.07) is 20.8. The molecule has 2 aromatic heterocycles. The van der Waals surface area contributed by atoms with Crippen molar-refractivity contribution in [2.24, 2.45) is 0 Å². The highest BCUT2D eigenvalue weighted by Gasteiger charge is 2.27. The minimum absolute atomic E-state index is 0.0543. The third-order valence-corrected chi connectivity index (χ3v) is 6.47. The molecule has 0 spiro atoms. The Hall–Kier alpha value is -2.90. The number of nitrogens with zero attached hydrogens (tertiary/aromatic N) is 3. The van der Waals surface area contributed by atoms with Gasteiger partial charge in [-0.05, 0) is 29.1 Å². The molecule has 29 heavy (non-hydrogen) atoms. The molecule has 0 saturated carbocycles. The van der Waals surface area contributed by atoms with E-state index in [2.05, 4.69) is 0 Å². The largest absolute Gasteiger partial charge is 0.348 e. The van der Waals surface area contributed by atoms with Crippen LogP contribution in [0.15, 0.2) is 82.1 Å². The van der Waals surface area contributed by atoms with Crippen LogP contribution in [0.2, 0.25) is 0 Å². The summed E-state index contributed by atoms with van der Waals surface area (Å²) in [6.07, 6.45) is 0. The highest BCUT2D eigenvalue weighted by atomic mass is 32.2. The van der Waals surface area contributed by atoms with E-state index >= 15 is 0 Å². The fourth-order valence-electron chi connectivity index (χ4n) is 3.01. The first kappa shape index (κ1) is 19.4. The van der Waals surface area contributed by atoms with Crippen molar-refractivity contribution in [2.45, 2.75) is 10.4 Å². The van der Waals surface area contributed by atoms with E-state index in [4.69, 9.17) is 4.98 Å². The minimum atomic E-state index is -0.509. The normalized spacial score (nSPS) is 12.1. The second-order valence-corrected chi connectivity index (χ2v) is 8.62. The molecule has 0 aliphatic rings. The average Bonchev–Trinajstić information content (AvgIpc) is 3.22. The predicted molar refractivity (Wildman–Crippen MR) is 119 cm³/mol. The van der Waals surface area contributed by atoms with Crippen molar-refractivity contribution in [3.63, 3.8) is 0 Å². The Balaban J connectivity index is 1.90. The number of benzene rings is 2. The monoisotopic (exact) mass is 421 g/mol. The summed E-state index contributed by atoms with van der Waals surface area (Å²) in [5.74, 6) is -0.0543. The molecule has 2 heterocycles. The maximum absolute atomic E-state index is 13.3. The molecule has 0 radical (unpaired) electrons. The van der Waals surface area contributed by atoms with Crippen molar-refractivity contribution in [2.75, 3.05) is 14.1 Å². The van der Waals surface area contributed by atoms with Gasteiger partial charge in [0.1, 0.15) is 10.1 Å². The zero-order chi connectivity index (χ0) is 20.4. The van der Waals surface area contributed by atoms with Gasteiger partial charge in [0.2, 0.25) is 5.91 Å². The van der Waals surface area contributed by atoms with E-state index in [1.54, 1.807) is 29.6 Å². The first-order valence-corrected chi connectivity index (χ1v) is 10.8. The number of carbonyl (C=O) groups is 1. The van der Waals surface area contributed by atoms with Crippen LogP contribution in [0.3, 0.4) is 0 Å². The van der Waals surface area contributed by atoms with Crippen molar-refractivity contribution in [1.82, 2.24) is 14.5 Å². The quantitative estimate of drug-likeness (QED) is 0.355. The standard InChI is InChI=1S/C22H19N3O2S2/c1-24(2)21(27)18(15-9-5-3-6-10-15)29-22-23-19-17(13-14-28-19)20(26)25(22)16-11-7-4-8-12-16/h3-14,18H,1-2H3/t18-/m0/s1. The van der Waals surface area contributed by atoms with E-state index in [0.29, 0.717) is 15.4 Å². The van der Waals surface area contributed by atoms with Crippen LogP contribution in [-0.4, -0.2) is 34.5 Å². The van der Waals surface area contributed by atoms with Gasteiger partial charge in [-0.15, -0.1) is 11.3 Å². The third-order valence-electron chi connectivity index (χ3n) is 4.47. The molecule has 1 amide bonds. The Morgan fingerprint density at radius 1 is 1.03 bits per heavy atom. The Morgan fingerprint density at radius 3 is 2.34 bits per heavy atom. The SMILES string of the molecule is CN(C)C(=O)[C@@H](Sc1nc2sccc2c(=O)n1-c1ccccc1)c1ccccc1. The van der Waals surface area contributed by atoms with Crippen molar-refractivity contribution in [3.8, 4) is 5.69 Å². The van der Waals surface area contributed by atoms with Crippen LogP contribution in [0.5, 0.6) is 0 Å². The summed E-state index contributed by atoms with van der Waals surface area (Å²) in [4.78, 5) is 33.2. The highest BCUT2D eigenvalue weighted by molar-refractivity contribution is 8.00. The first-order valence-electron chi connectivity index (χ1n) is 9.04. The second-order valence-electron chi connectivity index (χ2n) is 6.65. The topological polar surface area (TPSA) is 55.2 Å². The van der Waals surface area contributed by atoms with Gasteiger partial charge in [0.05, 0.1) is 11.1 Å². The van der Waals surface area contributed by atoms with E-state index in [1.807, 2.05) is 66.0 Å². The predicted octanol–water partition coefficient (Wildman–Crippen LogP) is 4.37. The molecule has 1 atom stereocenters. The van der Waals surface area contributed by atoms with Gasteiger partial charge < -0.3 is 4.90 Å². The van der Waals surface area contributed by atoms with Crippen LogP contribution >= 0.6 is 23.1 Å². The molecule has 5 nitrogen and oxygen atoms in total. The fraction of sp³-hybridized carbons (Fsp3) is 0.136. The van der Waals surface area contributed by atoms with Gasteiger partial charge in [-0.3, -0.25) is 14.2 Å². The summed E-state index contributed by atoms with van der Waals surface area (Å²) >= 11 is 2.72. The summed E-state index contributed by atoms with van der Waals surface area (Å²) in [6.45, 7) is 0. The number of rotatable bonds is 5. The number of fused-ring (bicyclic) bond motifs is 1. The average molecular weight is 422 g/mol. The van der Waals surface area contributed by atoms with Crippen LogP contribution < -0.4 is 5.56 Å². The first-order chi connectivity index (χ1) is 14.1. The maximum Gasteiger partial charge on any atom is 0.267 e. The Labute approximate surface area is 176 Å². The number of hydrogen-bond acceptors (Lipinski definition) is 5. The molecule has 0 fully saturated rings. The molecule has 0 aliphatic carbocycles. The molecule has 146 valence electrons. The Morgan fingerprint density at radius 2 is 1.69 bits per heavy atom. The Kier molecular flexibility index (Phi) is 5.51. The molecular weight excluding hydrogens is 402 g/mol. The van der Waals surface area contributed by atoms with Crippen molar-refractivity contribution < 1.29 is 4.79 Å². The molecule has 7 heteroatoms. The number of para-hydroxylation sites is 1. The zero-order valence-corrected chi connectivity index (χ0v) is 17.6. The van der Waals surface area contributed by atoms with Crippen LogP contribution in [-0.2, 0) is 4.79 Å². The molecule has 0 bridgehead atoms. The molecule has 0 unspecified atom stereocenters. The molecule has 0 saturated heterocycles. The number of aromatic nitrogens is 2. The lowest BCUT2D eigenvalue weighted by Gasteiger charge is -2.21. The molecule has 4 aromatic rings. The summed E-state index contributed by atoms with van der Waals surface area (Å²) < 4.78 is 1.60. The fourth-order valence-corrected chi connectivity index (χ4v) is 5.07. The lowest BCUT2D eigenvalue weighted by Crippen LogP contribution is -2.28. The van der Waals surface area contributed by atoms with Gasteiger partial charge in [-0.1, -0.05) is 60.3 Å². The van der Waals surface area contributed by atoms with E-state index in [1.165, 1.54) is 23.1 Å². The molecular formula is C22H19N3O2S2. The molecule has 2 aromatic carbocycles. The van der Waals surface area contributed by atoms with Crippen LogP contribution in [0, 0.1) is 0 Å². The smallest absolute Gasteiger partial charge is 0.267 e. The van der Waals surface area contributed by atoms with E-state index in [0.717, 1.165) is 11.3 Å². The zero-order valence-electron chi connectivity index (χ0n) is 16.0. The third kappa shape index (κ3) is 3.83. The maximum atomic E-state index is 13.3. The Bertz CT molecular complexity index is 1200. The number of likely N-dealkylation sites (N-methyl/N-ethyl adjacent to an activating group) is 1. The number of thiophene rings is 1. The van der Waals surface area contributed by atoms with Gasteiger partial charge >= 0.3 is 0 Å². The molecule has 4 rings (SSSR count). The molecule has 0 aliphatic heterocycles. The molecule has 0 N–H and O–H groups in total. The van der Waals surface area contributed by atoms with E-state index < -0.39 is 5.25 Å². The summed E-state index contributed by atoms with van der Waals surface area (Å²) in [5, 5.41) is 2.44. The lowest BCUT2D eigenvalue weighted by molar-refractivity contribution is -0.128. The number of carbonyl (C=O) groups excluding carboxylic acids is 1. The highest BCUT2D eigenvalue weighted by Crippen LogP contribution is 2.36. The number of thioether (sulfide) groups is 1. The van der Waals surface area contributed by atoms with Crippen LogP contribution in [0.1, 0.15) is 10.8 Å². The summed E-state index contributed by atoms with van der Waals surface area (Å²) in [7, 11) is 3.47. The van der Waals surface area contributed by atoms with Gasteiger partial charge in [-0.2, -0.15) is 0 Å². The number of amides is 1. The number of hydrogen-bond donors (Lipinski definition) is 0. The van der Waals surface area contributed by atoms with Crippen molar-refractivity contribution in [1.29, 1.82) is 0 Å². The van der Waals surface area contributed by atoms with Crippen LogP contribution in [0.4, 0.5) is 0 Å². The lowest BCUT2D eigenvalue weighted by atomic mass is 10.1. The summed E-state index contributed by atoms with van der Waals surface area (Å²) in [5.41, 5.74) is 1.47.